The van der Waals surface area contributed by atoms with Gasteiger partial charge < -0.3 is 102 Å². The van der Waals surface area contributed by atoms with Crippen molar-refractivity contribution in [2.24, 2.45) is 17.6 Å². The summed E-state index contributed by atoms with van der Waals surface area (Å²) in [4.78, 5) is 135. The molecule has 0 radical (unpaired) electrons. The van der Waals surface area contributed by atoms with E-state index in [1.807, 2.05) is 5.32 Å². The average Bonchev–Trinajstić information content (AvgIpc) is 4.00. The number of nitrogens with zero attached hydrogens (tertiary/aromatic N) is 2. The van der Waals surface area contributed by atoms with Crippen LogP contribution in [0.2, 0.25) is 0 Å². The summed E-state index contributed by atoms with van der Waals surface area (Å²) in [7, 11) is -5.57. The topological polar surface area (TPSA) is 463 Å². The van der Waals surface area contributed by atoms with E-state index in [1.54, 1.807) is 0 Å². The van der Waals surface area contributed by atoms with Gasteiger partial charge in [0.25, 0.3) is 0 Å². The van der Waals surface area contributed by atoms with Gasteiger partial charge in [-0.25, -0.2) is 0 Å². The fourth-order valence-corrected chi connectivity index (χ4v) is 10.4. The molecule has 0 aromatic heterocycles. The van der Waals surface area contributed by atoms with Gasteiger partial charge in [0.2, 0.25) is 47.3 Å². The van der Waals surface area contributed by atoms with Crippen LogP contribution in [-0.4, -0.2) is 190 Å². The van der Waals surface area contributed by atoms with Crippen LogP contribution >= 0.6 is 7.82 Å². The summed E-state index contributed by atoms with van der Waals surface area (Å²) >= 11 is 0. The van der Waals surface area contributed by atoms with Gasteiger partial charge in [0.15, 0.2) is 6.23 Å². The Balaban J connectivity index is 0.0000112. The first-order valence-corrected chi connectivity index (χ1v) is 28.2. The van der Waals surface area contributed by atoms with E-state index in [9.17, 15) is 93.6 Å². The molecular weight excluding hydrogens is 1110 g/mol. The maximum absolute atomic E-state index is 14.4. The van der Waals surface area contributed by atoms with E-state index in [1.165, 1.54) is 6.42 Å². The number of phosphoric ester groups is 1. The van der Waals surface area contributed by atoms with Crippen molar-refractivity contribution in [3.63, 3.8) is 0 Å². The van der Waals surface area contributed by atoms with Crippen LogP contribution in [-0.2, 0) is 42.9 Å². The number of primary amides is 1. The van der Waals surface area contributed by atoms with Crippen molar-refractivity contribution in [1.82, 2.24) is 36.4 Å². The van der Waals surface area contributed by atoms with E-state index in [-0.39, 0.29) is 77.5 Å². The zero-order valence-corrected chi connectivity index (χ0v) is 51.7. The van der Waals surface area contributed by atoms with E-state index in [4.69, 9.17) is 5.73 Å². The number of carbonyl (C=O) groups excluding carboxylic acids is 8. The quantitative estimate of drug-likeness (QED) is 0.0291. The molecule has 81 heavy (non-hydrogen) atoms. The maximum Gasteiger partial charge on any atom is 1.00 e. The van der Waals surface area contributed by atoms with Gasteiger partial charge in [-0.05, 0) is 55.7 Å². The summed E-state index contributed by atoms with van der Waals surface area (Å²) in [6.45, 7) is 6.59. The van der Waals surface area contributed by atoms with Gasteiger partial charge >= 0.3 is 59.1 Å². The standard InChI is InChI=1S/C50H81N8O20P.2Na/c1-5-25(2)20-26(3)12-10-8-6-7-9-11-13-37(65)52-31-22-35(63)46(70)56-48(72)41-33(61)18-19-57(41)50(74)39(34(62)23-36(51)64)54-47(71)40(43(67)42(66)28-14-16-30(17-15-28)78-79(75,76)77)55-45(69)32-21-29(60)24-58(32)49(73)38(27(4)59)53-44(31)68;;/h14-17,25-27,29,31-35,38-43,46,59-63,66-67,70H,5-13,18-24H2,1-4H3,(H2,51,64)(H,52,65)(H,53,68)(H,54,71)(H,55,69)(H,56,72)(H2,75,76,77);;/q;2*+1/p-2. The fourth-order valence-electron chi connectivity index (χ4n) is 9.98. The first-order chi connectivity index (χ1) is 37.0. The summed E-state index contributed by atoms with van der Waals surface area (Å²) in [5, 5.41) is 101. The molecule has 3 heterocycles. The first-order valence-electron chi connectivity index (χ1n) is 26.7. The number of carbonyl (C=O) groups is 8. The number of nitrogens with one attached hydrogen (secondary N) is 5. The number of aliphatic hydroxyl groups is 8. The Morgan fingerprint density at radius 1 is 0.753 bits per heavy atom. The zero-order valence-electron chi connectivity index (χ0n) is 46.8. The molecule has 3 saturated heterocycles. The van der Waals surface area contributed by atoms with Gasteiger partial charge in [0, 0.05) is 32.4 Å². The number of hydrogen-bond donors (Lipinski definition) is 14. The summed E-state index contributed by atoms with van der Waals surface area (Å²) in [5.74, 6) is -9.33. The molecule has 0 spiro atoms. The minimum absolute atomic E-state index is 0. The Morgan fingerprint density at radius 2 is 1.33 bits per heavy atom. The van der Waals surface area contributed by atoms with Crippen LogP contribution in [0.25, 0.3) is 0 Å². The van der Waals surface area contributed by atoms with Crippen LogP contribution in [0.15, 0.2) is 24.3 Å². The largest absolute Gasteiger partial charge is 1.00 e. The van der Waals surface area contributed by atoms with Crippen molar-refractivity contribution in [3.05, 3.63) is 29.8 Å². The molecule has 16 atom stereocenters. The summed E-state index contributed by atoms with van der Waals surface area (Å²) in [6.07, 6.45) is -11.2. The molecule has 3 fully saturated rings. The van der Waals surface area contributed by atoms with Gasteiger partial charge in [0.05, 0.1) is 30.8 Å². The van der Waals surface area contributed by atoms with Gasteiger partial charge in [-0.15, -0.1) is 0 Å². The van der Waals surface area contributed by atoms with Crippen LogP contribution < -0.4 is 106 Å². The number of amides is 8. The zero-order chi connectivity index (χ0) is 59.1. The number of nitrogens with two attached hydrogens (primary N) is 1. The molecule has 3 aliphatic heterocycles. The minimum Gasteiger partial charge on any atom is -0.780 e. The van der Waals surface area contributed by atoms with E-state index in [2.05, 4.69) is 46.6 Å². The number of fused-ring (bicyclic) bond motifs is 2. The summed E-state index contributed by atoms with van der Waals surface area (Å²) in [6, 6.07) is -8.71. The van der Waals surface area contributed by atoms with Crippen LogP contribution in [0.4, 0.5) is 0 Å². The first kappa shape index (κ1) is 73.7. The third-order valence-electron chi connectivity index (χ3n) is 14.5. The summed E-state index contributed by atoms with van der Waals surface area (Å²) < 4.78 is 15.5. The molecule has 0 aliphatic carbocycles. The van der Waals surface area contributed by atoms with Crippen molar-refractivity contribution in [2.45, 2.75) is 203 Å². The van der Waals surface area contributed by atoms with E-state index >= 15 is 0 Å². The van der Waals surface area contributed by atoms with E-state index in [0.29, 0.717) is 34.5 Å². The normalized spacial score (nSPS) is 27.6. The third kappa shape index (κ3) is 22.5. The molecule has 16 unspecified atom stereocenters. The van der Waals surface area contributed by atoms with Crippen LogP contribution in [0, 0.1) is 11.8 Å². The van der Waals surface area contributed by atoms with Gasteiger partial charge in [0.1, 0.15) is 68.1 Å². The second kappa shape index (κ2) is 34.5. The number of rotatable bonds is 22. The molecule has 0 saturated carbocycles. The maximum atomic E-state index is 14.4. The second-order valence-electron chi connectivity index (χ2n) is 21.1. The molecule has 15 N–H and O–H groups in total. The van der Waals surface area contributed by atoms with Gasteiger partial charge in [-0.3, -0.25) is 38.4 Å². The fraction of sp³-hybridized carbons (Fsp3) is 0.720. The Bertz CT molecular complexity index is 2310. The SMILES string of the molecule is CCC(C)CC(C)CCCCCCCCC(=O)NC1CC(O)C(O)NC(=O)C2C(O)CCN2C(=O)C(C(O)CC(N)=O)NC(=O)C(C(O)C(O)c2ccc(OP(=O)([O-])[O-])cc2)NC(=O)C2CC(O)CN2C(=O)C(C(C)O)NC1=O.[Na+].[Na+]. The molecule has 8 amide bonds. The van der Waals surface area contributed by atoms with Crippen LogP contribution in [0.3, 0.4) is 0 Å². The molecular formula is C50H79N8Na2O20P. The van der Waals surface area contributed by atoms with Crippen molar-refractivity contribution >= 4 is 55.1 Å². The Kier molecular flexibility index (Phi) is 31.4. The predicted octanol–water partition coefficient (Wildman–Crippen LogP) is -10.8. The molecule has 31 heteroatoms. The van der Waals surface area contributed by atoms with Crippen molar-refractivity contribution in [1.29, 1.82) is 0 Å². The molecule has 28 nitrogen and oxygen atoms in total. The van der Waals surface area contributed by atoms with Crippen molar-refractivity contribution in [3.8, 4) is 5.75 Å². The molecule has 446 valence electrons. The smallest absolute Gasteiger partial charge is 0.780 e. The van der Waals surface area contributed by atoms with Crippen LogP contribution in [0.1, 0.15) is 129 Å². The van der Waals surface area contributed by atoms with Gasteiger partial charge in [-0.1, -0.05) is 77.8 Å². The van der Waals surface area contributed by atoms with Crippen LogP contribution in [0.5, 0.6) is 5.75 Å². The molecule has 1 aromatic rings. The number of hydrogen-bond acceptors (Lipinski definition) is 20. The average molecular weight is 1190 g/mol. The molecule has 4 rings (SSSR count). The van der Waals surface area contributed by atoms with E-state index < -0.39 is 178 Å². The predicted molar refractivity (Wildman–Crippen MR) is 272 cm³/mol. The Hall–Kier alpha value is -3.39. The molecule has 0 bridgehead atoms. The Labute approximate surface area is 514 Å². The monoisotopic (exact) mass is 1190 g/mol. The number of phosphoric acid groups is 1. The number of benzene rings is 1. The van der Waals surface area contributed by atoms with Crippen molar-refractivity contribution < 1.29 is 157 Å². The second-order valence-corrected chi connectivity index (χ2v) is 22.2. The number of aliphatic hydroxyl groups excluding tert-OH is 8. The third-order valence-corrected chi connectivity index (χ3v) is 14.9. The minimum atomic E-state index is -5.57. The Morgan fingerprint density at radius 3 is 1.93 bits per heavy atom. The van der Waals surface area contributed by atoms with Gasteiger partial charge in [-0.2, -0.15) is 0 Å². The molecule has 3 aliphatic rings. The molecule has 1 aromatic carbocycles. The van der Waals surface area contributed by atoms with E-state index in [0.717, 1.165) is 69.7 Å². The summed E-state index contributed by atoms with van der Waals surface area (Å²) in [5.41, 5.74) is 5.00. The van der Waals surface area contributed by atoms with Crippen molar-refractivity contribution in [2.75, 3.05) is 13.1 Å². The number of unbranched alkanes of at least 4 members (excludes halogenated alkanes) is 5.